The molecule has 0 spiro atoms. The highest BCUT2D eigenvalue weighted by Crippen LogP contribution is 2.41. The molecular formula is C66H64F4N12O6. The number of hydrogen-bond donors (Lipinski definition) is 1. The van der Waals surface area contributed by atoms with Crippen LogP contribution < -0.4 is 21.2 Å². The Morgan fingerprint density at radius 2 is 1.26 bits per heavy atom. The third-order valence-electron chi connectivity index (χ3n) is 16.7. The molecule has 0 radical (unpaired) electrons. The smallest absolute Gasteiger partial charge is 0.355 e. The SMILES string of the molecule is C=CC(=O)N1C[C@H](C)N(c2nc(=O)n(-c3c(C)ccnc3C(C)C)c3nc(-c4c(F)ccc5c(/C=C/C(=O)N6C[C@H](C)N(c7nc(=O)n(/C(C(=N)C(C)C)=C(\C)C=C)c8nc(-c9c(F)ccc%10ccoc9%10)c(F)cc78)C[C@H]6C)coc45)c(F)cc23)C[C@H]1C. The summed E-state index contributed by atoms with van der Waals surface area (Å²) < 4.78 is 80.5. The third kappa shape index (κ3) is 10.1. The molecule has 2 fully saturated rings. The van der Waals surface area contributed by atoms with Gasteiger partial charge in [0.25, 0.3) is 0 Å². The Hall–Kier alpha value is -9.86. The summed E-state index contributed by atoms with van der Waals surface area (Å²) in [6.45, 7) is 26.4. The zero-order valence-corrected chi connectivity index (χ0v) is 50.2. The zero-order valence-electron chi connectivity index (χ0n) is 50.2. The van der Waals surface area contributed by atoms with Gasteiger partial charge in [-0.05, 0) is 125 Å². The standard InChI is InChI=1S/C66H64F4N12O6/c1-13-34(7)57(53(71)32(3)4)81-63-43(25-47(69)55(73-63)51-45(67)18-15-40-22-24-87-59(40)51)61(75-65(81)85)80-30-37(10)78(28-39(80)12)50(84)20-16-41-31-88-60-42(41)17-19-46(68)52(60)56-48(70)26-44-62(79-29-36(9)77(27-38(79)11)49(83)14-2)76-66(86)82(64(44)74-56)58-35(8)21-23-72-54(58)33(5)6/h13-26,31-33,36-39,71H,1-2,27-30H2,3-12H3/b20-16+,57-34+,71-53?/t36-,37-,38+,39+/m1/s1. The number of aryl methyl sites for hydroxylation is 1. The second-order valence-electron chi connectivity index (χ2n) is 23.3. The van der Waals surface area contributed by atoms with Crippen LogP contribution in [-0.2, 0) is 9.59 Å². The average molecular weight is 1200 g/mol. The van der Waals surface area contributed by atoms with E-state index in [2.05, 4.69) is 28.1 Å². The van der Waals surface area contributed by atoms with Crippen LogP contribution in [0.25, 0.3) is 84.0 Å². The van der Waals surface area contributed by atoms with Crippen LogP contribution >= 0.6 is 0 Å². The monoisotopic (exact) mass is 1200 g/mol. The lowest BCUT2D eigenvalue weighted by molar-refractivity contribution is -0.129. The van der Waals surface area contributed by atoms with E-state index in [0.29, 0.717) is 38.9 Å². The van der Waals surface area contributed by atoms with E-state index in [4.69, 9.17) is 24.2 Å². The van der Waals surface area contributed by atoms with Gasteiger partial charge < -0.3 is 33.8 Å². The van der Waals surface area contributed by atoms with Crippen molar-refractivity contribution in [3.63, 3.8) is 0 Å². The van der Waals surface area contributed by atoms with E-state index in [1.54, 1.807) is 67.6 Å². The molecule has 22 heteroatoms. The number of allylic oxidation sites excluding steroid dienone is 3. The Bertz CT molecular complexity index is 4620. The molecule has 2 aliphatic rings. The lowest BCUT2D eigenvalue weighted by Crippen LogP contribution is -2.58. The number of carbonyl (C=O) groups excluding carboxylic acids is 2. The van der Waals surface area contributed by atoms with Crippen molar-refractivity contribution in [2.24, 2.45) is 5.92 Å². The van der Waals surface area contributed by atoms with E-state index in [-0.39, 0.29) is 117 Å². The molecule has 452 valence electrons. The first kappa shape index (κ1) is 59.9. The van der Waals surface area contributed by atoms with Gasteiger partial charge in [0.1, 0.15) is 45.8 Å². The minimum atomic E-state index is -0.948. The summed E-state index contributed by atoms with van der Waals surface area (Å²) in [5.41, 5.74) is -0.709. The summed E-state index contributed by atoms with van der Waals surface area (Å²) in [6, 6.07) is 9.08. The van der Waals surface area contributed by atoms with Crippen LogP contribution in [0.4, 0.5) is 29.2 Å². The minimum absolute atomic E-state index is 0.0268. The van der Waals surface area contributed by atoms with E-state index in [1.165, 1.54) is 65.7 Å². The van der Waals surface area contributed by atoms with Gasteiger partial charge in [-0.25, -0.2) is 46.3 Å². The number of furan rings is 2. The Kier molecular flexibility index (Phi) is 15.7. The number of aromatic nitrogens is 7. The van der Waals surface area contributed by atoms with Crippen LogP contribution in [0.5, 0.6) is 0 Å². The van der Waals surface area contributed by atoms with Crippen molar-refractivity contribution in [3.05, 3.63) is 165 Å². The van der Waals surface area contributed by atoms with E-state index >= 15 is 17.6 Å². The Morgan fingerprint density at radius 1 is 0.682 bits per heavy atom. The lowest BCUT2D eigenvalue weighted by Gasteiger charge is -2.44. The van der Waals surface area contributed by atoms with Crippen molar-refractivity contribution in [2.45, 2.75) is 99.3 Å². The Morgan fingerprint density at radius 3 is 1.86 bits per heavy atom. The van der Waals surface area contributed by atoms with Crippen molar-refractivity contribution >= 4 is 84.9 Å². The molecule has 88 heavy (non-hydrogen) atoms. The van der Waals surface area contributed by atoms with Crippen molar-refractivity contribution in [2.75, 3.05) is 36.0 Å². The molecule has 2 saturated heterocycles. The van der Waals surface area contributed by atoms with Gasteiger partial charge in [-0.2, -0.15) is 9.97 Å². The number of benzene rings is 2. The van der Waals surface area contributed by atoms with Gasteiger partial charge in [0, 0.05) is 79.0 Å². The van der Waals surface area contributed by atoms with Crippen LogP contribution in [0.2, 0.25) is 0 Å². The van der Waals surface area contributed by atoms with Crippen LogP contribution in [0.1, 0.15) is 85.1 Å². The number of amides is 2. The fourth-order valence-electron chi connectivity index (χ4n) is 12.1. The molecule has 18 nitrogen and oxygen atoms in total. The zero-order chi connectivity index (χ0) is 63.1. The molecule has 4 atom stereocenters. The molecule has 0 aliphatic carbocycles. The molecule has 0 unspecified atom stereocenters. The van der Waals surface area contributed by atoms with Crippen LogP contribution in [0.3, 0.4) is 0 Å². The first-order valence-corrected chi connectivity index (χ1v) is 28.9. The van der Waals surface area contributed by atoms with Crippen LogP contribution in [-0.4, -0.2) is 112 Å². The van der Waals surface area contributed by atoms with Crippen LogP contribution in [0, 0.1) is 41.5 Å². The van der Waals surface area contributed by atoms with Gasteiger partial charge in [-0.1, -0.05) is 46.9 Å². The molecule has 11 rings (SSSR count). The number of nitrogens with one attached hydrogen (secondary N) is 1. The number of rotatable bonds is 13. The lowest BCUT2D eigenvalue weighted by atomic mass is 10.0. The number of halogens is 4. The summed E-state index contributed by atoms with van der Waals surface area (Å²) in [5, 5.41) is 10.2. The first-order valence-electron chi connectivity index (χ1n) is 28.9. The summed E-state index contributed by atoms with van der Waals surface area (Å²) in [7, 11) is 0. The molecule has 0 bridgehead atoms. The number of pyridine rings is 3. The van der Waals surface area contributed by atoms with Gasteiger partial charge >= 0.3 is 11.4 Å². The maximum Gasteiger partial charge on any atom is 0.355 e. The topological polar surface area (TPSA) is 206 Å². The van der Waals surface area contributed by atoms with Crippen molar-refractivity contribution in [3.8, 4) is 28.2 Å². The number of piperazine rings is 2. The van der Waals surface area contributed by atoms with Gasteiger partial charge in [0.05, 0.1) is 57.2 Å². The molecule has 2 amide bonds. The van der Waals surface area contributed by atoms with Crippen molar-refractivity contribution in [1.29, 1.82) is 5.41 Å². The maximum absolute atomic E-state index is 17.2. The third-order valence-corrected chi connectivity index (χ3v) is 16.7. The predicted molar refractivity (Wildman–Crippen MR) is 333 cm³/mol. The van der Waals surface area contributed by atoms with Crippen molar-refractivity contribution in [1.82, 2.24) is 43.9 Å². The molecule has 1 N–H and O–H groups in total. The van der Waals surface area contributed by atoms with Gasteiger partial charge in [0.15, 0.2) is 22.9 Å². The molecule has 0 saturated carbocycles. The molecule has 7 aromatic heterocycles. The second-order valence-corrected chi connectivity index (χ2v) is 23.3. The number of nitrogens with zero attached hydrogens (tertiary/aromatic N) is 11. The Labute approximate surface area is 503 Å². The highest BCUT2D eigenvalue weighted by atomic mass is 19.1. The summed E-state index contributed by atoms with van der Waals surface area (Å²) in [5.74, 6) is -4.66. The highest BCUT2D eigenvalue weighted by molar-refractivity contribution is 6.20. The number of anilines is 2. The number of fused-ring (bicyclic) bond motifs is 4. The van der Waals surface area contributed by atoms with Gasteiger partial charge in [-0.3, -0.25) is 14.6 Å². The molecule has 9 aromatic rings. The fourth-order valence-corrected chi connectivity index (χ4v) is 12.1. The van der Waals surface area contributed by atoms with Gasteiger partial charge in [-0.15, -0.1) is 0 Å². The van der Waals surface area contributed by atoms with Gasteiger partial charge in [0.2, 0.25) is 11.8 Å². The first-order chi connectivity index (χ1) is 41.9. The molecular weight excluding hydrogens is 1130 g/mol. The minimum Gasteiger partial charge on any atom is -0.464 e. The highest BCUT2D eigenvalue weighted by Gasteiger charge is 2.37. The van der Waals surface area contributed by atoms with E-state index in [1.807, 2.05) is 39.5 Å². The number of carbonyl (C=O) groups is 2. The average Bonchev–Trinajstić information content (AvgIpc) is 0.848. The summed E-state index contributed by atoms with van der Waals surface area (Å²) in [6.07, 6.45) is 9.85. The molecule has 2 aliphatic heterocycles. The Balaban J connectivity index is 0.948. The van der Waals surface area contributed by atoms with Crippen molar-refractivity contribution < 1.29 is 36.0 Å². The normalized spacial score (nSPS) is 17.8. The maximum atomic E-state index is 17.2. The summed E-state index contributed by atoms with van der Waals surface area (Å²) in [4.78, 5) is 86.6. The van der Waals surface area contributed by atoms with Crippen LogP contribution in [0.15, 0.2) is 123 Å². The van der Waals surface area contributed by atoms with E-state index < -0.39 is 69.9 Å². The number of hydrogen-bond acceptors (Lipinski definition) is 14. The molecule has 2 aromatic carbocycles. The fraction of sp³-hybridized carbons (Fsp3) is 0.303. The largest absolute Gasteiger partial charge is 0.464 e. The predicted octanol–water partition coefficient (Wildman–Crippen LogP) is 11.9. The second kappa shape index (κ2) is 23.1. The van der Waals surface area contributed by atoms with E-state index in [0.717, 1.165) is 16.7 Å². The summed E-state index contributed by atoms with van der Waals surface area (Å²) >= 11 is 0. The molecule has 9 heterocycles. The quantitative estimate of drug-likeness (QED) is 0.0494. The van der Waals surface area contributed by atoms with E-state index in [9.17, 15) is 19.2 Å².